The number of carbonyl (C=O) groups excluding carboxylic acids is 1. The molecule has 1 aromatic heterocycles. The minimum atomic E-state index is -0.232. The predicted octanol–water partition coefficient (Wildman–Crippen LogP) is 2.17. The lowest BCUT2D eigenvalue weighted by atomic mass is 9.80. The molecule has 2 aliphatic heterocycles. The van der Waals surface area contributed by atoms with Crippen LogP contribution in [0.15, 0.2) is 12.4 Å². The third-order valence-electron chi connectivity index (χ3n) is 5.05. The molecule has 0 spiro atoms. The molecule has 0 unspecified atom stereocenters. The van der Waals surface area contributed by atoms with Gasteiger partial charge in [0, 0.05) is 38.7 Å². The van der Waals surface area contributed by atoms with Crippen LogP contribution >= 0.6 is 0 Å². The van der Waals surface area contributed by atoms with Gasteiger partial charge in [-0.2, -0.15) is 0 Å². The maximum Gasteiger partial charge on any atom is 0.228 e. The lowest BCUT2D eigenvalue weighted by Gasteiger charge is -2.41. The molecule has 5 nitrogen and oxygen atoms in total. The van der Waals surface area contributed by atoms with Gasteiger partial charge in [0.05, 0.1) is 11.5 Å². The quantitative estimate of drug-likeness (QED) is 0.839. The SMILES string of the molecule is Cc1nccn1[C@H]1CCCN(C(=O)C2(C)CCOCC2)C1. The Hall–Kier alpha value is -1.36. The zero-order valence-corrected chi connectivity index (χ0v) is 13.0. The predicted molar refractivity (Wildman–Crippen MR) is 80.0 cm³/mol. The number of nitrogens with zero attached hydrogens (tertiary/aromatic N) is 3. The van der Waals surface area contributed by atoms with E-state index >= 15 is 0 Å². The number of hydrogen-bond donors (Lipinski definition) is 0. The first-order valence-electron chi connectivity index (χ1n) is 7.97. The maximum atomic E-state index is 12.9. The average Bonchev–Trinajstić information content (AvgIpc) is 2.93. The molecule has 5 heteroatoms. The molecule has 2 saturated heterocycles. The van der Waals surface area contributed by atoms with Crippen molar-refractivity contribution in [2.45, 2.75) is 45.6 Å². The number of hydrogen-bond acceptors (Lipinski definition) is 3. The molecule has 1 amide bonds. The van der Waals surface area contributed by atoms with Crippen LogP contribution in [0.25, 0.3) is 0 Å². The summed E-state index contributed by atoms with van der Waals surface area (Å²) in [4.78, 5) is 19.3. The first kappa shape index (κ1) is 14.6. The van der Waals surface area contributed by atoms with Crippen molar-refractivity contribution in [3.63, 3.8) is 0 Å². The fraction of sp³-hybridized carbons (Fsp3) is 0.750. The Bertz CT molecular complexity index is 505. The average molecular weight is 291 g/mol. The Balaban J connectivity index is 1.71. The van der Waals surface area contributed by atoms with Crippen LogP contribution in [-0.2, 0) is 9.53 Å². The van der Waals surface area contributed by atoms with E-state index in [0.717, 1.165) is 44.6 Å². The molecule has 2 aliphatic rings. The van der Waals surface area contributed by atoms with Crippen molar-refractivity contribution < 1.29 is 9.53 Å². The molecular weight excluding hydrogens is 266 g/mol. The van der Waals surface area contributed by atoms with Gasteiger partial charge in [-0.25, -0.2) is 4.98 Å². The van der Waals surface area contributed by atoms with Crippen LogP contribution < -0.4 is 0 Å². The molecule has 3 heterocycles. The number of likely N-dealkylation sites (tertiary alicyclic amines) is 1. The molecule has 116 valence electrons. The largest absolute Gasteiger partial charge is 0.381 e. The summed E-state index contributed by atoms with van der Waals surface area (Å²) in [5.74, 6) is 1.35. The van der Waals surface area contributed by atoms with Crippen LogP contribution in [0.4, 0.5) is 0 Å². The van der Waals surface area contributed by atoms with Gasteiger partial charge in [0.25, 0.3) is 0 Å². The highest BCUT2D eigenvalue weighted by atomic mass is 16.5. The molecule has 21 heavy (non-hydrogen) atoms. The lowest BCUT2D eigenvalue weighted by molar-refractivity contribution is -0.148. The summed E-state index contributed by atoms with van der Waals surface area (Å²) in [6, 6.07) is 0.369. The summed E-state index contributed by atoms with van der Waals surface area (Å²) in [5, 5.41) is 0. The van der Waals surface area contributed by atoms with Crippen molar-refractivity contribution in [2.24, 2.45) is 5.41 Å². The van der Waals surface area contributed by atoms with Crippen LogP contribution in [0.1, 0.15) is 44.5 Å². The molecule has 0 aromatic carbocycles. The van der Waals surface area contributed by atoms with Crippen LogP contribution in [0.3, 0.4) is 0 Å². The highest BCUT2D eigenvalue weighted by Gasteiger charge is 2.39. The Morgan fingerprint density at radius 2 is 2.19 bits per heavy atom. The van der Waals surface area contributed by atoms with Crippen molar-refractivity contribution in [3.8, 4) is 0 Å². The molecule has 2 fully saturated rings. The first-order valence-corrected chi connectivity index (χ1v) is 7.97. The summed E-state index contributed by atoms with van der Waals surface area (Å²) in [7, 11) is 0. The van der Waals surface area contributed by atoms with Gasteiger partial charge in [-0.05, 0) is 32.6 Å². The molecule has 0 bridgehead atoms. The van der Waals surface area contributed by atoms with Crippen molar-refractivity contribution in [1.82, 2.24) is 14.5 Å². The minimum absolute atomic E-state index is 0.232. The van der Waals surface area contributed by atoms with Crippen LogP contribution in [0.2, 0.25) is 0 Å². The molecule has 1 atom stereocenters. The van der Waals surface area contributed by atoms with Gasteiger partial charge >= 0.3 is 0 Å². The Morgan fingerprint density at radius 1 is 1.43 bits per heavy atom. The second kappa shape index (κ2) is 5.79. The Kier molecular flexibility index (Phi) is 4.02. The molecule has 0 saturated carbocycles. The molecule has 0 radical (unpaired) electrons. The fourth-order valence-electron chi connectivity index (χ4n) is 3.56. The van der Waals surface area contributed by atoms with E-state index in [1.54, 1.807) is 0 Å². The van der Waals surface area contributed by atoms with Crippen molar-refractivity contribution >= 4 is 5.91 Å². The van der Waals surface area contributed by atoms with E-state index in [4.69, 9.17) is 4.74 Å². The number of aromatic nitrogens is 2. The molecule has 1 aromatic rings. The second-order valence-corrected chi connectivity index (χ2v) is 6.60. The zero-order valence-electron chi connectivity index (χ0n) is 13.0. The Labute approximate surface area is 126 Å². The standard InChI is InChI=1S/C16H25N3O2/c1-13-17-7-9-19(13)14-4-3-8-18(12-14)15(20)16(2)5-10-21-11-6-16/h7,9,14H,3-6,8,10-12H2,1-2H3/t14-/m0/s1. The number of piperidine rings is 1. The van der Waals surface area contributed by atoms with Crippen molar-refractivity contribution in [3.05, 3.63) is 18.2 Å². The highest BCUT2D eigenvalue weighted by molar-refractivity contribution is 5.82. The van der Waals surface area contributed by atoms with E-state index < -0.39 is 0 Å². The third kappa shape index (κ3) is 2.84. The van der Waals surface area contributed by atoms with Gasteiger partial charge in [0.2, 0.25) is 5.91 Å². The van der Waals surface area contributed by atoms with E-state index in [1.807, 2.05) is 19.3 Å². The van der Waals surface area contributed by atoms with Crippen LogP contribution in [-0.4, -0.2) is 46.7 Å². The number of carbonyl (C=O) groups is 1. The van der Waals surface area contributed by atoms with Crippen molar-refractivity contribution in [2.75, 3.05) is 26.3 Å². The molecule has 0 aliphatic carbocycles. The number of rotatable bonds is 2. The topological polar surface area (TPSA) is 47.4 Å². The fourth-order valence-corrected chi connectivity index (χ4v) is 3.56. The summed E-state index contributed by atoms with van der Waals surface area (Å²) in [5.41, 5.74) is -0.232. The normalized spacial score (nSPS) is 25.8. The maximum absolute atomic E-state index is 12.9. The van der Waals surface area contributed by atoms with Crippen LogP contribution in [0, 0.1) is 12.3 Å². The smallest absolute Gasteiger partial charge is 0.228 e. The zero-order chi connectivity index (χ0) is 14.9. The Morgan fingerprint density at radius 3 is 2.86 bits per heavy atom. The van der Waals surface area contributed by atoms with Crippen molar-refractivity contribution in [1.29, 1.82) is 0 Å². The second-order valence-electron chi connectivity index (χ2n) is 6.60. The van der Waals surface area contributed by atoms with E-state index in [2.05, 4.69) is 21.4 Å². The lowest BCUT2D eigenvalue weighted by Crippen LogP contribution is -2.49. The van der Waals surface area contributed by atoms with Gasteiger partial charge in [0.1, 0.15) is 5.82 Å². The molecule has 3 rings (SSSR count). The van der Waals surface area contributed by atoms with Gasteiger partial charge < -0.3 is 14.2 Å². The third-order valence-corrected chi connectivity index (χ3v) is 5.05. The molecular formula is C16H25N3O2. The summed E-state index contributed by atoms with van der Waals surface area (Å²) >= 11 is 0. The highest BCUT2D eigenvalue weighted by Crippen LogP contribution is 2.34. The molecule has 0 N–H and O–H groups in total. The first-order chi connectivity index (χ1) is 10.1. The van der Waals surface area contributed by atoms with E-state index in [1.165, 1.54) is 0 Å². The summed E-state index contributed by atoms with van der Waals surface area (Å²) in [6.07, 6.45) is 7.76. The van der Waals surface area contributed by atoms with E-state index in [9.17, 15) is 4.79 Å². The van der Waals surface area contributed by atoms with Crippen LogP contribution in [0.5, 0.6) is 0 Å². The van der Waals surface area contributed by atoms with Gasteiger partial charge in [-0.15, -0.1) is 0 Å². The van der Waals surface area contributed by atoms with Gasteiger partial charge in [0.15, 0.2) is 0 Å². The number of imidazole rings is 1. The number of ether oxygens (including phenoxy) is 1. The summed E-state index contributed by atoms with van der Waals surface area (Å²) in [6.45, 7) is 7.25. The van der Waals surface area contributed by atoms with Gasteiger partial charge in [-0.1, -0.05) is 6.92 Å². The monoisotopic (exact) mass is 291 g/mol. The number of amides is 1. The number of aryl methyl sites for hydroxylation is 1. The van der Waals surface area contributed by atoms with E-state index in [0.29, 0.717) is 25.2 Å². The summed E-state index contributed by atoms with van der Waals surface area (Å²) < 4.78 is 7.63. The van der Waals surface area contributed by atoms with E-state index in [-0.39, 0.29) is 5.41 Å². The van der Waals surface area contributed by atoms with Gasteiger partial charge in [-0.3, -0.25) is 4.79 Å². The minimum Gasteiger partial charge on any atom is -0.381 e.